The number of fused-ring (bicyclic) bond motifs is 1. The van der Waals surface area contributed by atoms with E-state index in [4.69, 9.17) is 4.74 Å². The van der Waals surface area contributed by atoms with Crippen LogP contribution in [0.4, 0.5) is 17.1 Å². The fourth-order valence-corrected chi connectivity index (χ4v) is 4.66. The summed E-state index contributed by atoms with van der Waals surface area (Å²) in [6.07, 6.45) is 0. The Hall–Kier alpha value is -4.05. The number of carbonyl (C=O) groups is 1. The van der Waals surface area contributed by atoms with Crippen LogP contribution in [-0.4, -0.2) is 20.1 Å². The summed E-state index contributed by atoms with van der Waals surface area (Å²) in [5.74, 6) is -0.321. The van der Waals surface area contributed by atoms with Gasteiger partial charge in [-0.1, -0.05) is 60.7 Å². The molecule has 0 aliphatic carbocycles. The van der Waals surface area contributed by atoms with Crippen LogP contribution in [0.3, 0.4) is 0 Å². The number of cyclic esters (lactones) is 1. The van der Waals surface area contributed by atoms with Gasteiger partial charge in [-0.3, -0.25) is 4.90 Å². The lowest BCUT2D eigenvalue weighted by Crippen LogP contribution is -2.45. The highest BCUT2D eigenvalue weighted by Crippen LogP contribution is 2.51. The lowest BCUT2D eigenvalue weighted by atomic mass is 9.87. The smallest absolute Gasteiger partial charge is 0.341 e. The van der Waals surface area contributed by atoms with Gasteiger partial charge in [0.05, 0.1) is 5.56 Å². The highest BCUT2D eigenvalue weighted by atomic mass is 16.6. The van der Waals surface area contributed by atoms with E-state index < -0.39 is 5.72 Å². The standard InChI is InChI=1S/C29H26N2O2/c1-21-20-24(30(2)3)18-19-26(21)29(27-17-11-10-16-25(27)28(32)33-29)31(22-12-6-4-7-13-22)23-14-8-5-9-15-23/h4-20H,1-3H3. The first-order chi connectivity index (χ1) is 16.0. The molecule has 4 aromatic carbocycles. The van der Waals surface area contributed by atoms with Crippen molar-refractivity contribution in [3.05, 3.63) is 125 Å². The van der Waals surface area contributed by atoms with E-state index in [2.05, 4.69) is 34.9 Å². The molecule has 0 amide bonds. The Morgan fingerprint density at radius 2 is 1.24 bits per heavy atom. The maximum atomic E-state index is 13.3. The minimum atomic E-state index is -1.15. The summed E-state index contributed by atoms with van der Waals surface area (Å²) in [7, 11) is 4.05. The number of nitrogens with zero attached hydrogens (tertiary/aromatic N) is 2. The van der Waals surface area contributed by atoms with E-state index in [0.717, 1.165) is 33.8 Å². The molecule has 0 saturated heterocycles. The molecular weight excluding hydrogens is 408 g/mol. The van der Waals surface area contributed by atoms with Crippen LogP contribution >= 0.6 is 0 Å². The first-order valence-corrected chi connectivity index (χ1v) is 11.0. The van der Waals surface area contributed by atoms with Gasteiger partial charge in [0.1, 0.15) is 0 Å². The van der Waals surface area contributed by atoms with Gasteiger partial charge < -0.3 is 9.64 Å². The Bertz CT molecular complexity index is 1260. The molecule has 0 fully saturated rings. The van der Waals surface area contributed by atoms with Crippen LogP contribution in [0.25, 0.3) is 0 Å². The fraction of sp³-hybridized carbons (Fsp3) is 0.138. The number of hydrogen-bond donors (Lipinski definition) is 0. The molecule has 164 valence electrons. The summed E-state index contributed by atoms with van der Waals surface area (Å²) in [5.41, 5.74) is 5.21. The van der Waals surface area contributed by atoms with E-state index in [1.54, 1.807) is 0 Å². The monoisotopic (exact) mass is 434 g/mol. The number of rotatable bonds is 5. The van der Waals surface area contributed by atoms with Crippen LogP contribution in [-0.2, 0) is 10.5 Å². The van der Waals surface area contributed by atoms with Crippen LogP contribution < -0.4 is 9.80 Å². The second-order valence-electron chi connectivity index (χ2n) is 8.48. The third kappa shape index (κ3) is 3.35. The number of carbonyl (C=O) groups excluding carboxylic acids is 1. The molecule has 1 aliphatic heterocycles. The molecule has 1 heterocycles. The SMILES string of the molecule is Cc1cc(N(C)C)ccc1C1(N(c2ccccc2)c2ccccc2)OC(=O)c2ccccc21. The van der Waals surface area contributed by atoms with Crippen molar-refractivity contribution < 1.29 is 9.53 Å². The minimum absolute atomic E-state index is 0.321. The van der Waals surface area contributed by atoms with Crippen molar-refractivity contribution in [1.82, 2.24) is 0 Å². The van der Waals surface area contributed by atoms with Gasteiger partial charge in [-0.25, -0.2) is 4.79 Å². The van der Waals surface area contributed by atoms with Crippen molar-refractivity contribution in [3.63, 3.8) is 0 Å². The van der Waals surface area contributed by atoms with Crippen molar-refractivity contribution >= 4 is 23.0 Å². The average Bonchev–Trinajstić information content (AvgIpc) is 3.13. The van der Waals surface area contributed by atoms with E-state index in [1.165, 1.54) is 0 Å². The number of anilines is 3. The molecule has 4 heteroatoms. The molecule has 0 N–H and O–H groups in total. The van der Waals surface area contributed by atoms with E-state index >= 15 is 0 Å². The molecule has 1 unspecified atom stereocenters. The third-order valence-electron chi connectivity index (χ3n) is 6.19. The van der Waals surface area contributed by atoms with E-state index in [9.17, 15) is 4.79 Å². The molecule has 0 radical (unpaired) electrons. The Balaban J connectivity index is 1.86. The zero-order chi connectivity index (χ0) is 23.0. The second kappa shape index (κ2) is 8.14. The quantitative estimate of drug-likeness (QED) is 0.347. The minimum Gasteiger partial charge on any atom is -0.426 e. The Morgan fingerprint density at radius 1 is 0.667 bits per heavy atom. The second-order valence-corrected chi connectivity index (χ2v) is 8.48. The summed E-state index contributed by atoms with van der Waals surface area (Å²) in [4.78, 5) is 17.5. The number of para-hydroxylation sites is 2. The molecule has 0 aromatic heterocycles. The van der Waals surface area contributed by atoms with Gasteiger partial charge in [0.2, 0.25) is 5.72 Å². The highest BCUT2D eigenvalue weighted by molar-refractivity contribution is 5.97. The van der Waals surface area contributed by atoms with Gasteiger partial charge in [0.25, 0.3) is 0 Å². The van der Waals surface area contributed by atoms with Crippen molar-refractivity contribution in [1.29, 1.82) is 0 Å². The Labute approximate surface area is 194 Å². The number of benzene rings is 4. The lowest BCUT2D eigenvalue weighted by molar-refractivity contribution is 0.0132. The summed E-state index contributed by atoms with van der Waals surface area (Å²) in [6.45, 7) is 2.08. The number of esters is 1. The van der Waals surface area contributed by atoms with Crippen LogP contribution in [0.1, 0.15) is 27.0 Å². The molecule has 1 aliphatic rings. The molecule has 4 nitrogen and oxygen atoms in total. The van der Waals surface area contributed by atoms with Gasteiger partial charge >= 0.3 is 5.97 Å². The zero-order valence-electron chi connectivity index (χ0n) is 19.0. The molecule has 33 heavy (non-hydrogen) atoms. The Morgan fingerprint density at radius 3 is 1.82 bits per heavy atom. The largest absolute Gasteiger partial charge is 0.426 e. The van der Waals surface area contributed by atoms with E-state index in [1.807, 2.05) is 99.0 Å². The number of ether oxygens (including phenoxy) is 1. The molecular formula is C29H26N2O2. The van der Waals surface area contributed by atoms with Crippen LogP contribution in [0.5, 0.6) is 0 Å². The first-order valence-electron chi connectivity index (χ1n) is 11.0. The topological polar surface area (TPSA) is 32.8 Å². The fourth-order valence-electron chi connectivity index (χ4n) is 4.66. The maximum absolute atomic E-state index is 13.3. The van der Waals surface area contributed by atoms with Crippen molar-refractivity contribution in [2.75, 3.05) is 23.9 Å². The van der Waals surface area contributed by atoms with Crippen molar-refractivity contribution in [2.24, 2.45) is 0 Å². The van der Waals surface area contributed by atoms with Gasteiger partial charge in [-0.15, -0.1) is 0 Å². The van der Waals surface area contributed by atoms with E-state index in [0.29, 0.717) is 5.56 Å². The molecule has 0 spiro atoms. The first kappa shape index (κ1) is 20.8. The maximum Gasteiger partial charge on any atom is 0.341 e. The molecule has 4 aromatic rings. The van der Waals surface area contributed by atoms with Gasteiger partial charge in [-0.2, -0.15) is 0 Å². The van der Waals surface area contributed by atoms with Crippen LogP contribution in [0.15, 0.2) is 103 Å². The predicted molar refractivity (Wildman–Crippen MR) is 133 cm³/mol. The molecule has 1 atom stereocenters. The summed E-state index contributed by atoms with van der Waals surface area (Å²) < 4.78 is 6.43. The zero-order valence-corrected chi connectivity index (χ0v) is 19.0. The summed E-state index contributed by atoms with van der Waals surface area (Å²) >= 11 is 0. The summed E-state index contributed by atoms with van der Waals surface area (Å²) in [6, 6.07) is 34.2. The molecule has 0 bridgehead atoms. The van der Waals surface area contributed by atoms with Gasteiger partial charge in [0, 0.05) is 42.3 Å². The highest BCUT2D eigenvalue weighted by Gasteiger charge is 2.53. The Kier molecular flexibility index (Phi) is 5.14. The predicted octanol–water partition coefficient (Wildman–Crippen LogP) is 6.27. The third-order valence-corrected chi connectivity index (χ3v) is 6.19. The molecule has 5 rings (SSSR count). The van der Waals surface area contributed by atoms with Gasteiger partial charge in [-0.05, 0) is 55.0 Å². The summed E-state index contributed by atoms with van der Waals surface area (Å²) in [5, 5.41) is 0. The number of aryl methyl sites for hydroxylation is 1. The average molecular weight is 435 g/mol. The molecule has 0 saturated carbocycles. The van der Waals surface area contributed by atoms with Crippen LogP contribution in [0, 0.1) is 6.92 Å². The van der Waals surface area contributed by atoms with Crippen molar-refractivity contribution in [2.45, 2.75) is 12.6 Å². The van der Waals surface area contributed by atoms with E-state index in [-0.39, 0.29) is 5.97 Å². The van der Waals surface area contributed by atoms with Crippen LogP contribution in [0.2, 0.25) is 0 Å². The van der Waals surface area contributed by atoms with Crippen molar-refractivity contribution in [3.8, 4) is 0 Å². The normalized spacial score (nSPS) is 16.8. The lowest BCUT2D eigenvalue weighted by Gasteiger charge is -2.43. The van der Waals surface area contributed by atoms with Gasteiger partial charge in [0.15, 0.2) is 0 Å². The number of hydrogen-bond acceptors (Lipinski definition) is 4.